The lowest BCUT2D eigenvalue weighted by Crippen LogP contribution is -2.22. The molecule has 2 heteroatoms. The minimum atomic E-state index is 0.824. The molecule has 0 bridgehead atoms. The van der Waals surface area contributed by atoms with Crippen LogP contribution >= 0.6 is 0 Å². The molecule has 0 aromatic heterocycles. The predicted octanol–water partition coefficient (Wildman–Crippen LogP) is 1.37. The Hall–Kier alpha value is -1.57. The van der Waals surface area contributed by atoms with Gasteiger partial charge in [0.1, 0.15) is 6.29 Å². The summed E-state index contributed by atoms with van der Waals surface area (Å²) in [4.78, 5) is 10.4. The van der Waals surface area contributed by atoms with Gasteiger partial charge < -0.3 is 5.32 Å². The number of carbonyl (C=O) groups excluding carboxylic acids is 1. The van der Waals surface area contributed by atoms with Crippen LogP contribution in [0.15, 0.2) is 30.3 Å². The lowest BCUT2D eigenvalue weighted by Gasteiger charge is -2.20. The molecule has 0 spiro atoms. The summed E-state index contributed by atoms with van der Waals surface area (Å²) < 4.78 is 0. The standard InChI is InChI=1S/C11H11NO/c13-8-6-11-10-4-2-1-3-9(10)5-7-12-11/h1-4,6,8,12H,5,7H2. The van der Waals surface area contributed by atoms with E-state index in [1.165, 1.54) is 5.56 Å². The SMILES string of the molecule is O=CC=C1NCCc2ccccc21. The Labute approximate surface area is 77.3 Å². The van der Waals surface area contributed by atoms with Crippen LogP contribution in [0.4, 0.5) is 0 Å². The molecule has 1 aromatic rings. The van der Waals surface area contributed by atoms with Crippen molar-refractivity contribution in [3.05, 3.63) is 41.5 Å². The van der Waals surface area contributed by atoms with E-state index in [-0.39, 0.29) is 0 Å². The van der Waals surface area contributed by atoms with Gasteiger partial charge in [0, 0.05) is 23.9 Å². The number of hydrogen-bond acceptors (Lipinski definition) is 2. The first-order valence-corrected chi connectivity index (χ1v) is 4.39. The third-order valence-corrected chi connectivity index (χ3v) is 2.25. The normalized spacial score (nSPS) is 17.7. The molecule has 2 nitrogen and oxygen atoms in total. The van der Waals surface area contributed by atoms with Gasteiger partial charge in [-0.3, -0.25) is 4.79 Å². The van der Waals surface area contributed by atoms with Crippen molar-refractivity contribution in [2.75, 3.05) is 6.54 Å². The third kappa shape index (κ3) is 1.47. The molecule has 0 aliphatic carbocycles. The number of nitrogens with one attached hydrogen (secondary N) is 1. The first kappa shape index (κ1) is 8.05. The number of fused-ring (bicyclic) bond motifs is 1. The van der Waals surface area contributed by atoms with Crippen molar-refractivity contribution in [1.82, 2.24) is 5.32 Å². The average Bonchev–Trinajstić information content (AvgIpc) is 2.19. The third-order valence-electron chi connectivity index (χ3n) is 2.25. The Morgan fingerprint density at radius 2 is 2.15 bits per heavy atom. The molecule has 13 heavy (non-hydrogen) atoms. The molecule has 0 atom stereocenters. The van der Waals surface area contributed by atoms with Gasteiger partial charge in [-0.2, -0.15) is 0 Å². The highest BCUT2D eigenvalue weighted by molar-refractivity contribution is 5.82. The number of allylic oxidation sites excluding steroid dienone is 1. The fourth-order valence-electron chi connectivity index (χ4n) is 1.64. The summed E-state index contributed by atoms with van der Waals surface area (Å²) in [5, 5.41) is 3.21. The van der Waals surface area contributed by atoms with Gasteiger partial charge in [0.05, 0.1) is 0 Å². The molecule has 1 N–H and O–H groups in total. The van der Waals surface area contributed by atoms with Crippen molar-refractivity contribution in [3.63, 3.8) is 0 Å². The zero-order valence-electron chi connectivity index (χ0n) is 7.29. The summed E-state index contributed by atoms with van der Waals surface area (Å²) in [7, 11) is 0. The summed E-state index contributed by atoms with van der Waals surface area (Å²) >= 11 is 0. The number of hydrogen-bond donors (Lipinski definition) is 1. The van der Waals surface area contributed by atoms with Crippen molar-refractivity contribution >= 4 is 12.0 Å². The molecule has 0 radical (unpaired) electrons. The quantitative estimate of drug-likeness (QED) is 0.513. The molecular weight excluding hydrogens is 162 g/mol. The second-order valence-corrected chi connectivity index (χ2v) is 3.05. The highest BCUT2D eigenvalue weighted by Gasteiger charge is 2.11. The van der Waals surface area contributed by atoms with Crippen LogP contribution in [0, 0.1) is 0 Å². The van der Waals surface area contributed by atoms with Gasteiger partial charge in [0.25, 0.3) is 0 Å². The van der Waals surface area contributed by atoms with E-state index in [0.717, 1.165) is 30.5 Å². The number of carbonyl (C=O) groups is 1. The Bertz CT molecular complexity index is 355. The summed E-state index contributed by atoms with van der Waals surface area (Å²) in [6.07, 6.45) is 3.44. The Morgan fingerprint density at radius 3 is 3.00 bits per heavy atom. The Kier molecular flexibility index (Phi) is 2.13. The van der Waals surface area contributed by atoms with Crippen molar-refractivity contribution in [3.8, 4) is 0 Å². The van der Waals surface area contributed by atoms with E-state index in [1.807, 2.05) is 18.2 Å². The van der Waals surface area contributed by atoms with Gasteiger partial charge in [-0.1, -0.05) is 24.3 Å². The first-order valence-electron chi connectivity index (χ1n) is 4.39. The average molecular weight is 173 g/mol. The van der Waals surface area contributed by atoms with Crippen molar-refractivity contribution in [1.29, 1.82) is 0 Å². The molecular formula is C11H11NO. The van der Waals surface area contributed by atoms with Gasteiger partial charge in [0.2, 0.25) is 0 Å². The van der Waals surface area contributed by atoms with Crippen LogP contribution < -0.4 is 5.32 Å². The zero-order chi connectivity index (χ0) is 9.10. The largest absolute Gasteiger partial charge is 0.384 e. The molecule has 1 heterocycles. The summed E-state index contributed by atoms with van der Waals surface area (Å²) in [6.45, 7) is 0.913. The monoisotopic (exact) mass is 173 g/mol. The smallest absolute Gasteiger partial charge is 0.144 e. The van der Waals surface area contributed by atoms with Gasteiger partial charge in [-0.25, -0.2) is 0 Å². The zero-order valence-corrected chi connectivity index (χ0v) is 7.29. The van der Waals surface area contributed by atoms with Crippen LogP contribution in [0.5, 0.6) is 0 Å². The number of rotatable bonds is 1. The second-order valence-electron chi connectivity index (χ2n) is 3.05. The molecule has 1 aromatic carbocycles. The molecule has 0 fully saturated rings. The minimum absolute atomic E-state index is 0.824. The van der Waals surface area contributed by atoms with E-state index in [0.29, 0.717) is 0 Å². The molecule has 0 saturated heterocycles. The van der Waals surface area contributed by atoms with Gasteiger partial charge in [-0.15, -0.1) is 0 Å². The highest BCUT2D eigenvalue weighted by Crippen LogP contribution is 2.20. The summed E-state index contributed by atoms with van der Waals surface area (Å²) in [6, 6.07) is 8.17. The first-order chi connectivity index (χ1) is 6.42. The van der Waals surface area contributed by atoms with Gasteiger partial charge >= 0.3 is 0 Å². The van der Waals surface area contributed by atoms with Gasteiger partial charge in [0.15, 0.2) is 0 Å². The highest BCUT2D eigenvalue weighted by atomic mass is 16.1. The van der Waals surface area contributed by atoms with Crippen LogP contribution in [0.1, 0.15) is 11.1 Å². The summed E-state index contributed by atoms with van der Waals surface area (Å²) in [5.74, 6) is 0. The maximum atomic E-state index is 10.4. The molecule has 66 valence electrons. The van der Waals surface area contributed by atoms with E-state index >= 15 is 0 Å². The van der Waals surface area contributed by atoms with Crippen LogP contribution in [0.2, 0.25) is 0 Å². The predicted molar refractivity (Wildman–Crippen MR) is 52.2 cm³/mol. The molecule has 1 aliphatic heterocycles. The molecule has 0 amide bonds. The molecule has 2 rings (SSSR count). The maximum Gasteiger partial charge on any atom is 0.144 e. The van der Waals surface area contributed by atoms with E-state index in [1.54, 1.807) is 6.08 Å². The topological polar surface area (TPSA) is 29.1 Å². The summed E-state index contributed by atoms with van der Waals surface area (Å²) in [5.41, 5.74) is 3.41. The van der Waals surface area contributed by atoms with Crippen molar-refractivity contribution in [2.45, 2.75) is 6.42 Å². The number of benzene rings is 1. The van der Waals surface area contributed by atoms with Crippen LogP contribution in [0.25, 0.3) is 5.70 Å². The van der Waals surface area contributed by atoms with Crippen molar-refractivity contribution in [2.24, 2.45) is 0 Å². The molecule has 1 aliphatic rings. The molecule has 0 unspecified atom stereocenters. The Morgan fingerprint density at radius 1 is 1.31 bits per heavy atom. The fraction of sp³-hybridized carbons (Fsp3) is 0.182. The number of aldehydes is 1. The minimum Gasteiger partial charge on any atom is -0.384 e. The van der Waals surface area contributed by atoms with Crippen LogP contribution in [0.3, 0.4) is 0 Å². The van der Waals surface area contributed by atoms with E-state index < -0.39 is 0 Å². The lowest BCUT2D eigenvalue weighted by molar-refractivity contribution is -0.104. The van der Waals surface area contributed by atoms with E-state index in [9.17, 15) is 4.79 Å². The van der Waals surface area contributed by atoms with Crippen molar-refractivity contribution < 1.29 is 4.79 Å². The van der Waals surface area contributed by atoms with E-state index in [2.05, 4.69) is 11.4 Å². The molecule has 0 saturated carbocycles. The maximum absolute atomic E-state index is 10.4. The van der Waals surface area contributed by atoms with E-state index in [4.69, 9.17) is 0 Å². The fourth-order valence-corrected chi connectivity index (χ4v) is 1.64. The van der Waals surface area contributed by atoms with Crippen LogP contribution in [-0.4, -0.2) is 12.8 Å². The lowest BCUT2D eigenvalue weighted by atomic mass is 9.98. The van der Waals surface area contributed by atoms with Gasteiger partial charge in [-0.05, 0) is 12.0 Å². The van der Waals surface area contributed by atoms with Crippen LogP contribution in [-0.2, 0) is 11.2 Å². The Balaban J connectivity index is 2.48. The second kappa shape index (κ2) is 3.44.